The Bertz CT molecular complexity index is 369. The van der Waals surface area contributed by atoms with Gasteiger partial charge in [0.25, 0.3) is 0 Å². The van der Waals surface area contributed by atoms with Gasteiger partial charge >= 0.3 is 5.97 Å². The predicted molar refractivity (Wildman–Crippen MR) is 64.8 cm³/mol. The minimum absolute atomic E-state index is 0.0630. The second-order valence-electron chi connectivity index (χ2n) is 6.23. The number of carbonyl (C=O) groups is 1. The summed E-state index contributed by atoms with van der Waals surface area (Å²) < 4.78 is 5.63. The van der Waals surface area contributed by atoms with Gasteiger partial charge in [-0.2, -0.15) is 0 Å². The smallest absolute Gasteiger partial charge is 0.303 e. The van der Waals surface area contributed by atoms with Crippen LogP contribution in [0.1, 0.15) is 51.9 Å². The molecule has 0 spiro atoms. The van der Waals surface area contributed by atoms with Crippen molar-refractivity contribution >= 4 is 5.97 Å². The summed E-state index contributed by atoms with van der Waals surface area (Å²) in [6, 6.07) is 0. The van der Waals surface area contributed by atoms with Crippen LogP contribution < -0.4 is 0 Å². The molecule has 0 bridgehead atoms. The fourth-order valence-electron chi connectivity index (χ4n) is 4.90. The largest absolute Gasteiger partial charge is 0.458 e. The minimum Gasteiger partial charge on any atom is -0.458 e. The van der Waals surface area contributed by atoms with Gasteiger partial charge in [0, 0.05) is 18.8 Å². The van der Waals surface area contributed by atoms with Gasteiger partial charge in [0.05, 0.1) is 6.10 Å². The van der Waals surface area contributed by atoms with Gasteiger partial charge in [0.15, 0.2) is 0 Å². The Morgan fingerprint density at radius 3 is 2.44 bits per heavy atom. The molecule has 3 rings (SSSR count). The summed E-state index contributed by atoms with van der Waals surface area (Å²) in [4.78, 5) is 11.4. The van der Waals surface area contributed by atoms with Gasteiger partial charge in [0.1, 0.15) is 11.2 Å². The molecule has 3 aliphatic rings. The maximum Gasteiger partial charge on any atom is 0.303 e. The zero-order valence-electron chi connectivity index (χ0n) is 10.9. The molecule has 4 nitrogen and oxygen atoms in total. The molecule has 3 saturated carbocycles. The number of esters is 1. The van der Waals surface area contributed by atoms with Gasteiger partial charge in [-0.1, -0.05) is 12.8 Å². The van der Waals surface area contributed by atoms with Crippen molar-refractivity contribution in [2.45, 2.75) is 69.2 Å². The van der Waals surface area contributed by atoms with Crippen molar-refractivity contribution in [1.82, 2.24) is 0 Å². The van der Waals surface area contributed by atoms with Crippen molar-refractivity contribution in [3.05, 3.63) is 0 Å². The topological polar surface area (TPSA) is 66.8 Å². The first-order valence-corrected chi connectivity index (χ1v) is 7.12. The minimum atomic E-state index is -1.01. The van der Waals surface area contributed by atoms with Crippen LogP contribution in [0.4, 0.5) is 0 Å². The second kappa shape index (κ2) is 3.94. The van der Waals surface area contributed by atoms with Crippen molar-refractivity contribution < 1.29 is 19.7 Å². The molecular weight excluding hydrogens is 232 g/mol. The Balaban J connectivity index is 1.94. The van der Waals surface area contributed by atoms with Crippen LogP contribution in [0, 0.1) is 11.8 Å². The Morgan fingerprint density at radius 2 is 1.78 bits per heavy atom. The number of carbonyl (C=O) groups excluding carboxylic acids is 1. The van der Waals surface area contributed by atoms with E-state index in [1.807, 2.05) is 0 Å². The number of aliphatic hydroxyl groups is 2. The van der Waals surface area contributed by atoms with E-state index < -0.39 is 17.3 Å². The van der Waals surface area contributed by atoms with E-state index in [-0.39, 0.29) is 17.8 Å². The van der Waals surface area contributed by atoms with Crippen LogP contribution in [-0.2, 0) is 9.53 Å². The summed E-state index contributed by atoms with van der Waals surface area (Å²) in [5, 5.41) is 21.1. The Morgan fingerprint density at radius 1 is 1.17 bits per heavy atom. The first-order valence-electron chi connectivity index (χ1n) is 7.12. The molecule has 0 aromatic heterocycles. The third kappa shape index (κ3) is 1.36. The number of aliphatic hydroxyl groups excluding tert-OH is 1. The zero-order valence-corrected chi connectivity index (χ0v) is 10.9. The van der Waals surface area contributed by atoms with Gasteiger partial charge in [-0.15, -0.1) is 0 Å². The van der Waals surface area contributed by atoms with Gasteiger partial charge in [0.2, 0.25) is 0 Å². The fraction of sp³-hybridized carbons (Fsp3) is 0.929. The number of fused-ring (bicyclic) bond motifs is 4. The second-order valence-corrected chi connectivity index (χ2v) is 6.23. The van der Waals surface area contributed by atoms with Crippen LogP contribution in [-0.4, -0.2) is 33.5 Å². The highest BCUT2D eigenvalue weighted by Crippen LogP contribution is 2.66. The molecule has 3 fully saturated rings. The van der Waals surface area contributed by atoms with Crippen molar-refractivity contribution in [1.29, 1.82) is 0 Å². The quantitative estimate of drug-likeness (QED) is 0.694. The average molecular weight is 254 g/mol. The molecule has 4 heteroatoms. The normalized spacial score (nSPS) is 50.7. The third-order valence-electron chi connectivity index (χ3n) is 5.44. The van der Waals surface area contributed by atoms with E-state index in [2.05, 4.69) is 0 Å². The van der Waals surface area contributed by atoms with E-state index in [1.54, 1.807) is 0 Å². The van der Waals surface area contributed by atoms with Crippen molar-refractivity contribution in [2.24, 2.45) is 11.8 Å². The van der Waals surface area contributed by atoms with Gasteiger partial charge in [-0.05, 0) is 32.1 Å². The van der Waals surface area contributed by atoms with Gasteiger partial charge in [-0.3, -0.25) is 4.79 Å². The first-order chi connectivity index (χ1) is 8.52. The van der Waals surface area contributed by atoms with E-state index in [0.29, 0.717) is 6.42 Å². The highest BCUT2D eigenvalue weighted by atomic mass is 16.6. The lowest BCUT2D eigenvalue weighted by atomic mass is 9.49. The molecule has 0 amide bonds. The lowest BCUT2D eigenvalue weighted by molar-refractivity contribution is -0.312. The molecule has 2 N–H and O–H groups in total. The standard InChI is InChI=1S/C14H22O4/c1-9(15)18-13-8-4-6-11(13)14(17)10(13)5-2-3-7-12(14)16/h10-12,16-17H,2-8H2,1H3/t10-,11+,12-,13-,14-/m0/s1. The molecule has 18 heavy (non-hydrogen) atoms. The van der Waals surface area contributed by atoms with Crippen molar-refractivity contribution in [3.8, 4) is 0 Å². The predicted octanol–water partition coefficient (Wildman–Crippen LogP) is 1.38. The molecule has 0 aromatic carbocycles. The average Bonchev–Trinajstić information content (AvgIpc) is 2.61. The third-order valence-corrected chi connectivity index (χ3v) is 5.44. The van der Waals surface area contributed by atoms with Crippen LogP contribution in [0.2, 0.25) is 0 Å². The molecule has 3 aliphatic carbocycles. The van der Waals surface area contributed by atoms with Gasteiger partial charge < -0.3 is 14.9 Å². The van der Waals surface area contributed by atoms with E-state index >= 15 is 0 Å². The molecule has 0 aliphatic heterocycles. The van der Waals surface area contributed by atoms with Crippen LogP contribution in [0.5, 0.6) is 0 Å². The van der Waals surface area contributed by atoms with Gasteiger partial charge in [-0.25, -0.2) is 0 Å². The number of ether oxygens (including phenoxy) is 1. The number of hydrogen-bond acceptors (Lipinski definition) is 4. The highest BCUT2D eigenvalue weighted by Gasteiger charge is 2.75. The summed E-state index contributed by atoms with van der Waals surface area (Å²) in [6.45, 7) is 1.44. The van der Waals surface area contributed by atoms with Crippen LogP contribution >= 0.6 is 0 Å². The number of hydrogen-bond donors (Lipinski definition) is 2. The SMILES string of the molecule is CC(=O)O[C@]12CCC[C@H]1[C@]1(O)[C@@H](O)CCCC[C@@H]21. The summed E-state index contributed by atoms with van der Waals surface area (Å²) in [5.74, 6) is -0.395. The van der Waals surface area contributed by atoms with E-state index in [0.717, 1.165) is 38.5 Å². The van der Waals surface area contributed by atoms with E-state index in [9.17, 15) is 15.0 Å². The molecule has 0 aromatic rings. The molecule has 0 heterocycles. The number of rotatable bonds is 1. The fourth-order valence-corrected chi connectivity index (χ4v) is 4.90. The van der Waals surface area contributed by atoms with Crippen molar-refractivity contribution in [2.75, 3.05) is 0 Å². The maximum absolute atomic E-state index is 11.4. The Kier molecular flexibility index (Phi) is 2.72. The molecule has 0 saturated heterocycles. The highest BCUT2D eigenvalue weighted by molar-refractivity contribution is 5.67. The molecule has 102 valence electrons. The summed E-state index contributed by atoms with van der Waals surface area (Å²) in [6.07, 6.45) is 5.49. The Labute approximate surface area is 107 Å². The molecule has 0 unspecified atom stereocenters. The lowest BCUT2D eigenvalue weighted by Gasteiger charge is -2.63. The Hall–Kier alpha value is -0.610. The molecule has 0 radical (unpaired) electrons. The monoisotopic (exact) mass is 254 g/mol. The van der Waals surface area contributed by atoms with Crippen LogP contribution in [0.3, 0.4) is 0 Å². The van der Waals surface area contributed by atoms with Crippen molar-refractivity contribution in [3.63, 3.8) is 0 Å². The zero-order chi connectivity index (χ0) is 13.0. The summed E-state index contributed by atoms with van der Waals surface area (Å²) in [5.41, 5.74) is -1.49. The lowest BCUT2D eigenvalue weighted by Crippen LogP contribution is -2.76. The maximum atomic E-state index is 11.4. The van der Waals surface area contributed by atoms with E-state index in [1.165, 1.54) is 6.92 Å². The van der Waals surface area contributed by atoms with Crippen LogP contribution in [0.15, 0.2) is 0 Å². The molecular formula is C14H22O4. The first kappa shape index (κ1) is 12.4. The van der Waals surface area contributed by atoms with Crippen LogP contribution in [0.25, 0.3) is 0 Å². The summed E-state index contributed by atoms with van der Waals surface area (Å²) in [7, 11) is 0. The molecule has 5 atom stereocenters. The van der Waals surface area contributed by atoms with E-state index in [4.69, 9.17) is 4.74 Å². The summed E-state index contributed by atoms with van der Waals surface area (Å²) >= 11 is 0.